The third kappa shape index (κ3) is 1.90. The quantitative estimate of drug-likeness (QED) is 0.686. The highest BCUT2D eigenvalue weighted by Crippen LogP contribution is 2.29. The van der Waals surface area contributed by atoms with Crippen molar-refractivity contribution < 1.29 is 0 Å². The first-order valence-electron chi connectivity index (χ1n) is 5.12. The van der Waals surface area contributed by atoms with Crippen molar-refractivity contribution in [3.8, 4) is 11.1 Å². The van der Waals surface area contributed by atoms with Crippen molar-refractivity contribution in [1.29, 1.82) is 0 Å². The summed E-state index contributed by atoms with van der Waals surface area (Å²) in [6.45, 7) is 0. The normalized spacial score (nSPS) is 10.9. The van der Waals surface area contributed by atoms with E-state index in [0.29, 0.717) is 10.0 Å². The molecule has 1 heterocycles. The van der Waals surface area contributed by atoms with Gasteiger partial charge in [0.15, 0.2) is 0 Å². The van der Waals surface area contributed by atoms with Gasteiger partial charge >= 0.3 is 0 Å². The molecular formula is C13H8Cl2N2. The van der Waals surface area contributed by atoms with Gasteiger partial charge in [-0.2, -0.15) is 0 Å². The number of benzene rings is 2. The van der Waals surface area contributed by atoms with Crippen molar-refractivity contribution in [1.82, 2.24) is 9.97 Å². The Balaban J connectivity index is 2.16. The molecule has 0 atom stereocenters. The summed E-state index contributed by atoms with van der Waals surface area (Å²) >= 11 is 11.9. The van der Waals surface area contributed by atoms with Crippen LogP contribution < -0.4 is 0 Å². The van der Waals surface area contributed by atoms with E-state index in [1.54, 1.807) is 12.4 Å². The molecule has 2 nitrogen and oxygen atoms in total. The Labute approximate surface area is 108 Å². The van der Waals surface area contributed by atoms with Crippen LogP contribution in [-0.4, -0.2) is 9.97 Å². The van der Waals surface area contributed by atoms with E-state index in [-0.39, 0.29) is 0 Å². The minimum Gasteiger partial charge on any atom is -0.345 e. The van der Waals surface area contributed by atoms with Crippen molar-refractivity contribution >= 4 is 34.2 Å². The molecule has 17 heavy (non-hydrogen) atoms. The van der Waals surface area contributed by atoms with Gasteiger partial charge < -0.3 is 4.98 Å². The predicted octanol–water partition coefficient (Wildman–Crippen LogP) is 4.54. The lowest BCUT2D eigenvalue weighted by Crippen LogP contribution is -1.79. The molecule has 0 spiro atoms. The first-order chi connectivity index (χ1) is 8.24. The van der Waals surface area contributed by atoms with Crippen LogP contribution in [-0.2, 0) is 0 Å². The van der Waals surface area contributed by atoms with E-state index in [4.69, 9.17) is 23.2 Å². The topological polar surface area (TPSA) is 28.7 Å². The number of H-pyrrole nitrogens is 1. The molecule has 0 saturated carbocycles. The second-order valence-electron chi connectivity index (χ2n) is 3.76. The molecule has 84 valence electrons. The lowest BCUT2D eigenvalue weighted by Gasteiger charge is -2.03. The summed E-state index contributed by atoms with van der Waals surface area (Å²) in [6, 6.07) is 11.7. The standard InChI is InChI=1S/C13H8Cl2N2/c14-10-3-1-8(5-11(10)15)9-2-4-12-13(6-9)17-7-16-12/h1-7H,(H,16,17). The minimum atomic E-state index is 0.564. The third-order valence-electron chi connectivity index (χ3n) is 2.67. The molecule has 1 N–H and O–H groups in total. The number of nitrogens with one attached hydrogen (secondary N) is 1. The molecule has 0 saturated heterocycles. The summed E-state index contributed by atoms with van der Waals surface area (Å²) in [4.78, 5) is 7.27. The average Bonchev–Trinajstić information content (AvgIpc) is 2.79. The monoisotopic (exact) mass is 262 g/mol. The summed E-state index contributed by atoms with van der Waals surface area (Å²) in [5, 5.41) is 1.13. The molecule has 0 aliphatic heterocycles. The van der Waals surface area contributed by atoms with Gasteiger partial charge in [0.1, 0.15) is 0 Å². The van der Waals surface area contributed by atoms with Crippen LogP contribution in [0.25, 0.3) is 22.2 Å². The zero-order chi connectivity index (χ0) is 11.8. The van der Waals surface area contributed by atoms with Gasteiger partial charge in [-0.25, -0.2) is 4.98 Å². The number of rotatable bonds is 1. The number of nitrogens with zero attached hydrogens (tertiary/aromatic N) is 1. The van der Waals surface area contributed by atoms with E-state index in [1.807, 2.05) is 30.3 Å². The molecule has 0 unspecified atom stereocenters. The predicted molar refractivity (Wildman–Crippen MR) is 71.5 cm³/mol. The molecular weight excluding hydrogens is 255 g/mol. The van der Waals surface area contributed by atoms with Crippen LogP contribution in [0.5, 0.6) is 0 Å². The summed E-state index contributed by atoms with van der Waals surface area (Å²) < 4.78 is 0. The lowest BCUT2D eigenvalue weighted by atomic mass is 10.1. The van der Waals surface area contributed by atoms with E-state index < -0.39 is 0 Å². The summed E-state index contributed by atoms with van der Waals surface area (Å²) in [5.74, 6) is 0. The van der Waals surface area contributed by atoms with Gasteiger partial charge in [-0.1, -0.05) is 35.3 Å². The van der Waals surface area contributed by atoms with E-state index in [1.165, 1.54) is 0 Å². The smallest absolute Gasteiger partial charge is 0.0931 e. The van der Waals surface area contributed by atoms with Crippen molar-refractivity contribution in [2.75, 3.05) is 0 Å². The van der Waals surface area contributed by atoms with Crippen LogP contribution in [0.4, 0.5) is 0 Å². The average molecular weight is 263 g/mol. The highest BCUT2D eigenvalue weighted by atomic mass is 35.5. The van der Waals surface area contributed by atoms with E-state index >= 15 is 0 Å². The Morgan fingerprint density at radius 3 is 2.47 bits per heavy atom. The van der Waals surface area contributed by atoms with Gasteiger partial charge in [-0.15, -0.1) is 0 Å². The van der Waals surface area contributed by atoms with Crippen molar-refractivity contribution in [3.05, 3.63) is 52.8 Å². The summed E-state index contributed by atoms with van der Waals surface area (Å²) in [6.07, 6.45) is 1.68. The van der Waals surface area contributed by atoms with Crippen molar-refractivity contribution in [2.45, 2.75) is 0 Å². The number of imidazole rings is 1. The molecule has 0 radical (unpaired) electrons. The second-order valence-corrected chi connectivity index (χ2v) is 4.58. The maximum Gasteiger partial charge on any atom is 0.0931 e. The molecule has 3 rings (SSSR count). The van der Waals surface area contributed by atoms with Gasteiger partial charge in [0.05, 0.1) is 27.4 Å². The van der Waals surface area contributed by atoms with Crippen LogP contribution >= 0.6 is 23.2 Å². The SMILES string of the molecule is Clc1ccc(-c2ccc3nc[nH]c3c2)cc1Cl. The summed E-state index contributed by atoms with van der Waals surface area (Å²) in [5.41, 5.74) is 4.08. The van der Waals surface area contributed by atoms with Crippen molar-refractivity contribution in [3.63, 3.8) is 0 Å². The van der Waals surface area contributed by atoms with Gasteiger partial charge in [0.25, 0.3) is 0 Å². The molecule has 4 heteroatoms. The Bertz CT molecular complexity index is 689. The number of halogens is 2. The van der Waals surface area contributed by atoms with Gasteiger partial charge in [0, 0.05) is 0 Å². The van der Waals surface area contributed by atoms with Crippen LogP contribution in [0, 0.1) is 0 Å². The number of hydrogen-bond acceptors (Lipinski definition) is 1. The first kappa shape index (κ1) is 10.6. The highest BCUT2D eigenvalue weighted by Gasteiger charge is 2.04. The molecule has 3 aromatic rings. The van der Waals surface area contributed by atoms with Crippen LogP contribution in [0.3, 0.4) is 0 Å². The van der Waals surface area contributed by atoms with Crippen LogP contribution in [0.1, 0.15) is 0 Å². The summed E-state index contributed by atoms with van der Waals surface area (Å²) in [7, 11) is 0. The van der Waals surface area contributed by atoms with Gasteiger partial charge in [0.2, 0.25) is 0 Å². The molecule has 1 aromatic heterocycles. The zero-order valence-corrected chi connectivity index (χ0v) is 10.3. The third-order valence-corrected chi connectivity index (χ3v) is 3.41. The number of hydrogen-bond donors (Lipinski definition) is 1. The lowest BCUT2D eigenvalue weighted by molar-refractivity contribution is 1.34. The van der Waals surface area contributed by atoms with Crippen LogP contribution in [0.2, 0.25) is 10.0 Å². The zero-order valence-electron chi connectivity index (χ0n) is 8.74. The maximum atomic E-state index is 6.01. The second kappa shape index (κ2) is 4.06. The molecule has 0 amide bonds. The molecule has 0 aliphatic carbocycles. The highest BCUT2D eigenvalue weighted by molar-refractivity contribution is 6.42. The number of aromatic nitrogens is 2. The Morgan fingerprint density at radius 2 is 1.65 bits per heavy atom. The number of aromatic amines is 1. The van der Waals surface area contributed by atoms with Gasteiger partial charge in [-0.3, -0.25) is 0 Å². The van der Waals surface area contributed by atoms with E-state index in [2.05, 4.69) is 9.97 Å². The van der Waals surface area contributed by atoms with Gasteiger partial charge in [-0.05, 0) is 35.4 Å². The fourth-order valence-electron chi connectivity index (χ4n) is 1.79. The van der Waals surface area contributed by atoms with E-state index in [0.717, 1.165) is 22.2 Å². The maximum absolute atomic E-state index is 6.01. The fraction of sp³-hybridized carbons (Fsp3) is 0. The Kier molecular flexibility index (Phi) is 2.54. The minimum absolute atomic E-state index is 0.564. The number of fused-ring (bicyclic) bond motifs is 1. The molecule has 2 aromatic carbocycles. The molecule has 0 bridgehead atoms. The fourth-order valence-corrected chi connectivity index (χ4v) is 2.09. The first-order valence-corrected chi connectivity index (χ1v) is 5.88. The van der Waals surface area contributed by atoms with E-state index in [9.17, 15) is 0 Å². The molecule has 0 fully saturated rings. The van der Waals surface area contributed by atoms with Crippen LogP contribution in [0.15, 0.2) is 42.7 Å². The van der Waals surface area contributed by atoms with Crippen molar-refractivity contribution in [2.24, 2.45) is 0 Å². The Morgan fingerprint density at radius 1 is 0.882 bits per heavy atom. The largest absolute Gasteiger partial charge is 0.345 e. The molecule has 0 aliphatic rings. The Hall–Kier alpha value is -1.51.